The fourth-order valence-corrected chi connectivity index (χ4v) is 4.97. The van der Waals surface area contributed by atoms with Gasteiger partial charge in [0.1, 0.15) is 12.1 Å². The van der Waals surface area contributed by atoms with Gasteiger partial charge in [-0.15, -0.1) is 0 Å². The van der Waals surface area contributed by atoms with Crippen LogP contribution in [0.15, 0.2) is 81.3 Å². The Morgan fingerprint density at radius 1 is 1.10 bits per heavy atom. The summed E-state index contributed by atoms with van der Waals surface area (Å²) in [4.78, 5) is 17.4. The number of fused-ring (bicyclic) bond motifs is 1. The van der Waals surface area contributed by atoms with Crippen LogP contribution in [0, 0.1) is 0 Å². The number of benzene rings is 2. The molecule has 0 saturated carbocycles. The highest BCUT2D eigenvalue weighted by Gasteiger charge is 2.26. The van der Waals surface area contributed by atoms with Crippen LogP contribution in [0.3, 0.4) is 0 Å². The molecule has 1 aliphatic rings. The zero-order chi connectivity index (χ0) is 21.1. The third kappa shape index (κ3) is 4.07. The van der Waals surface area contributed by atoms with Crippen molar-refractivity contribution in [3.63, 3.8) is 0 Å². The standard InChI is InChI=1S/C21H17N3O4S2/c1-2-28-15-7-9-16(10-8-15)30(26,27)12-14-11-19(29-21-22-13-23-24-21)20(25)18-6-4-3-5-17(14)18/h3-13H,2H2,1H3,(H,22,23,24)/b14-12-. The summed E-state index contributed by atoms with van der Waals surface area (Å²) in [6.07, 6.45) is 2.92. The van der Waals surface area contributed by atoms with E-state index in [-0.39, 0.29) is 10.7 Å². The van der Waals surface area contributed by atoms with Crippen LogP contribution >= 0.6 is 11.8 Å². The van der Waals surface area contributed by atoms with Crippen LogP contribution in [0.25, 0.3) is 5.57 Å². The molecule has 152 valence electrons. The summed E-state index contributed by atoms with van der Waals surface area (Å²) in [5.74, 6) is 0.408. The number of H-pyrrole nitrogens is 1. The predicted molar refractivity (Wildman–Crippen MR) is 114 cm³/mol. The SMILES string of the molecule is CCOc1ccc(S(=O)(=O)/C=C2/C=C(Sc3ncn[nH]3)C(=O)c3ccccc32)cc1. The van der Waals surface area contributed by atoms with E-state index < -0.39 is 9.84 Å². The first-order chi connectivity index (χ1) is 14.5. The van der Waals surface area contributed by atoms with Gasteiger partial charge in [-0.25, -0.2) is 13.4 Å². The zero-order valence-electron chi connectivity index (χ0n) is 15.9. The molecule has 3 aromatic rings. The maximum atomic E-state index is 13.0. The number of sulfone groups is 1. The number of ketones is 1. The van der Waals surface area contributed by atoms with Crippen LogP contribution in [0.1, 0.15) is 22.8 Å². The van der Waals surface area contributed by atoms with E-state index in [0.717, 1.165) is 11.8 Å². The Balaban J connectivity index is 1.76. The maximum absolute atomic E-state index is 13.0. The first-order valence-corrected chi connectivity index (χ1v) is 11.4. The molecule has 1 heterocycles. The Hall–Kier alpha value is -3.17. The third-order valence-corrected chi connectivity index (χ3v) is 6.74. The van der Waals surface area contributed by atoms with Crippen LogP contribution in [0.2, 0.25) is 0 Å². The van der Waals surface area contributed by atoms with E-state index in [2.05, 4.69) is 15.2 Å². The predicted octanol–water partition coefficient (Wildman–Crippen LogP) is 3.89. The lowest BCUT2D eigenvalue weighted by Gasteiger charge is -2.17. The maximum Gasteiger partial charge on any atom is 0.200 e. The Morgan fingerprint density at radius 3 is 2.50 bits per heavy atom. The van der Waals surface area contributed by atoms with Gasteiger partial charge in [0, 0.05) is 11.0 Å². The molecular weight excluding hydrogens is 422 g/mol. The van der Waals surface area contributed by atoms with Crippen LogP contribution in [-0.2, 0) is 9.84 Å². The van der Waals surface area contributed by atoms with Crippen molar-refractivity contribution in [1.82, 2.24) is 15.2 Å². The van der Waals surface area contributed by atoms with Crippen molar-refractivity contribution >= 4 is 33.0 Å². The quantitative estimate of drug-likeness (QED) is 0.622. The average Bonchev–Trinajstić information content (AvgIpc) is 3.25. The van der Waals surface area contributed by atoms with Crippen molar-refractivity contribution in [2.75, 3.05) is 6.61 Å². The second kappa shape index (κ2) is 8.29. The molecular formula is C21H17N3O4S2. The molecule has 0 bridgehead atoms. The minimum Gasteiger partial charge on any atom is -0.494 e. The summed E-state index contributed by atoms with van der Waals surface area (Å²) in [5.41, 5.74) is 1.44. The van der Waals surface area contributed by atoms with Gasteiger partial charge in [-0.05, 0) is 60.2 Å². The minimum atomic E-state index is -3.76. The number of nitrogens with zero attached hydrogens (tertiary/aromatic N) is 2. The smallest absolute Gasteiger partial charge is 0.200 e. The first kappa shape index (κ1) is 20.1. The molecule has 0 atom stereocenters. The number of aromatic nitrogens is 3. The number of hydrogen-bond donors (Lipinski definition) is 1. The fraction of sp³-hybridized carbons (Fsp3) is 0.0952. The molecule has 7 nitrogen and oxygen atoms in total. The van der Waals surface area contributed by atoms with Gasteiger partial charge < -0.3 is 4.74 Å². The van der Waals surface area contributed by atoms with Crippen LogP contribution in [0.4, 0.5) is 0 Å². The van der Waals surface area contributed by atoms with Gasteiger partial charge in [0.05, 0.1) is 16.4 Å². The van der Waals surface area contributed by atoms with Crippen molar-refractivity contribution in [2.45, 2.75) is 17.0 Å². The molecule has 9 heteroatoms. The molecule has 30 heavy (non-hydrogen) atoms. The number of carbonyl (C=O) groups is 1. The molecule has 1 aliphatic carbocycles. The Morgan fingerprint density at radius 2 is 1.83 bits per heavy atom. The van der Waals surface area contributed by atoms with E-state index in [1.54, 1.807) is 42.5 Å². The van der Waals surface area contributed by atoms with E-state index in [4.69, 9.17) is 4.74 Å². The van der Waals surface area contributed by atoms with E-state index in [0.29, 0.717) is 39.1 Å². The highest BCUT2D eigenvalue weighted by atomic mass is 32.2. The van der Waals surface area contributed by atoms with Gasteiger partial charge in [-0.3, -0.25) is 9.89 Å². The van der Waals surface area contributed by atoms with E-state index >= 15 is 0 Å². The van der Waals surface area contributed by atoms with Crippen molar-refractivity contribution in [3.05, 3.63) is 82.4 Å². The van der Waals surface area contributed by atoms with Crippen LogP contribution < -0.4 is 4.74 Å². The number of hydrogen-bond acceptors (Lipinski definition) is 7. The lowest BCUT2D eigenvalue weighted by atomic mass is 9.92. The van der Waals surface area contributed by atoms with Crippen LogP contribution in [-0.4, -0.2) is 36.0 Å². The Labute approximate surface area is 177 Å². The lowest BCUT2D eigenvalue weighted by Crippen LogP contribution is -2.11. The van der Waals surface area contributed by atoms with E-state index in [1.165, 1.54) is 23.9 Å². The van der Waals surface area contributed by atoms with Gasteiger partial charge in [0.2, 0.25) is 0 Å². The van der Waals surface area contributed by atoms with Gasteiger partial charge in [-0.1, -0.05) is 24.3 Å². The van der Waals surface area contributed by atoms with Gasteiger partial charge in [-0.2, -0.15) is 5.10 Å². The first-order valence-electron chi connectivity index (χ1n) is 9.06. The van der Waals surface area contributed by atoms with E-state index in [9.17, 15) is 13.2 Å². The molecule has 0 saturated heterocycles. The van der Waals surface area contributed by atoms with Crippen molar-refractivity contribution in [1.29, 1.82) is 0 Å². The van der Waals surface area contributed by atoms with Gasteiger partial charge in [0.25, 0.3) is 0 Å². The van der Waals surface area contributed by atoms with Gasteiger partial charge in [0.15, 0.2) is 20.8 Å². The monoisotopic (exact) mass is 439 g/mol. The largest absolute Gasteiger partial charge is 0.494 e. The fourth-order valence-electron chi connectivity index (χ4n) is 3.00. The second-order valence-corrected chi connectivity index (χ2v) is 9.13. The third-order valence-electron chi connectivity index (χ3n) is 4.34. The Kier molecular flexibility index (Phi) is 5.56. The van der Waals surface area contributed by atoms with Crippen molar-refractivity contribution in [3.8, 4) is 5.75 Å². The second-order valence-electron chi connectivity index (χ2n) is 6.30. The molecule has 0 unspecified atom stereocenters. The summed E-state index contributed by atoms with van der Waals surface area (Å²) in [5, 5.41) is 8.11. The highest BCUT2D eigenvalue weighted by Crippen LogP contribution is 2.37. The average molecular weight is 440 g/mol. The molecule has 4 rings (SSSR count). The molecule has 0 aliphatic heterocycles. The summed E-state index contributed by atoms with van der Waals surface area (Å²) < 4.78 is 31.4. The van der Waals surface area contributed by atoms with Crippen molar-refractivity contribution < 1.29 is 17.9 Å². The molecule has 1 aromatic heterocycles. The lowest BCUT2D eigenvalue weighted by molar-refractivity contribution is 0.104. The number of thioether (sulfide) groups is 1. The minimum absolute atomic E-state index is 0.144. The number of rotatable bonds is 6. The Bertz CT molecular complexity index is 1250. The number of ether oxygens (including phenoxy) is 1. The van der Waals surface area contributed by atoms with Crippen molar-refractivity contribution in [2.24, 2.45) is 0 Å². The molecule has 0 radical (unpaired) electrons. The highest BCUT2D eigenvalue weighted by molar-refractivity contribution is 8.03. The number of nitrogens with one attached hydrogen (secondary N) is 1. The topological polar surface area (TPSA) is 102 Å². The molecule has 0 fully saturated rings. The molecule has 0 spiro atoms. The number of allylic oxidation sites excluding steroid dienone is 3. The zero-order valence-corrected chi connectivity index (χ0v) is 17.5. The normalized spacial score (nSPS) is 15.0. The summed E-state index contributed by atoms with van der Waals surface area (Å²) in [6.45, 7) is 2.36. The molecule has 1 N–H and O–H groups in total. The number of aromatic amines is 1. The number of carbonyl (C=O) groups excluding carboxylic acids is 1. The van der Waals surface area contributed by atoms with E-state index in [1.807, 2.05) is 6.92 Å². The molecule has 0 amide bonds. The summed E-state index contributed by atoms with van der Waals surface area (Å²) in [7, 11) is -3.76. The molecule has 2 aromatic carbocycles. The van der Waals surface area contributed by atoms with Crippen LogP contribution in [0.5, 0.6) is 5.75 Å². The summed E-state index contributed by atoms with van der Waals surface area (Å²) >= 11 is 1.11. The van der Waals surface area contributed by atoms with Gasteiger partial charge >= 0.3 is 0 Å². The summed E-state index contributed by atoms with van der Waals surface area (Å²) in [6, 6.07) is 13.2. The number of Topliss-reactive ketones (excluding diaryl/α,β-unsaturated/α-hetero) is 1.